The van der Waals surface area contributed by atoms with Crippen LogP contribution in [-0.4, -0.2) is 35.6 Å². The molecule has 21 heavy (non-hydrogen) atoms. The summed E-state index contributed by atoms with van der Waals surface area (Å²) in [4.78, 5) is 35.5. The third-order valence-corrected chi connectivity index (χ3v) is 4.01. The minimum Gasteiger partial charge on any atom is -0.480 e. The second-order valence-electron chi connectivity index (χ2n) is 5.52. The van der Waals surface area contributed by atoms with Crippen LogP contribution in [0.15, 0.2) is 0 Å². The molecule has 2 N–H and O–H groups in total. The zero-order valence-electron chi connectivity index (χ0n) is 12.8. The number of amides is 1. The summed E-state index contributed by atoms with van der Waals surface area (Å²) < 4.78 is 4.96. The Morgan fingerprint density at radius 1 is 1.24 bits per heavy atom. The molecule has 1 aliphatic carbocycles. The molecule has 1 aliphatic rings. The highest BCUT2D eigenvalue weighted by Crippen LogP contribution is 2.42. The molecule has 6 heteroatoms. The maximum Gasteiger partial charge on any atom is 0.326 e. The summed E-state index contributed by atoms with van der Waals surface area (Å²) in [6.07, 6.45) is 4.65. The second-order valence-corrected chi connectivity index (χ2v) is 5.52. The first-order valence-electron chi connectivity index (χ1n) is 7.69. The van der Waals surface area contributed by atoms with Gasteiger partial charge in [0.2, 0.25) is 5.91 Å². The predicted octanol–water partition coefficient (Wildman–Crippen LogP) is 1.87. The summed E-state index contributed by atoms with van der Waals surface area (Å²) in [6, 6.07) is -0.934. The van der Waals surface area contributed by atoms with Crippen molar-refractivity contribution >= 4 is 17.8 Å². The smallest absolute Gasteiger partial charge is 0.326 e. The highest BCUT2D eigenvalue weighted by atomic mass is 16.5. The molecule has 0 heterocycles. The van der Waals surface area contributed by atoms with Gasteiger partial charge in [0.1, 0.15) is 11.5 Å². The van der Waals surface area contributed by atoms with Crippen LogP contribution in [0.5, 0.6) is 0 Å². The van der Waals surface area contributed by atoms with Gasteiger partial charge in [-0.05, 0) is 26.2 Å². The van der Waals surface area contributed by atoms with Crippen LogP contribution >= 0.6 is 0 Å². The Morgan fingerprint density at radius 3 is 2.33 bits per heavy atom. The zero-order valence-corrected chi connectivity index (χ0v) is 12.8. The molecule has 0 radical (unpaired) electrons. The number of hydrogen-bond acceptors (Lipinski definition) is 4. The van der Waals surface area contributed by atoms with Crippen molar-refractivity contribution in [2.45, 2.75) is 64.8 Å². The van der Waals surface area contributed by atoms with E-state index in [0.717, 1.165) is 25.7 Å². The predicted molar refractivity (Wildman–Crippen MR) is 76.6 cm³/mol. The van der Waals surface area contributed by atoms with Crippen LogP contribution < -0.4 is 5.32 Å². The first-order chi connectivity index (χ1) is 9.97. The number of unbranched alkanes of at least 4 members (excludes halogenated alkanes) is 2. The molecule has 120 valence electrons. The Kier molecular flexibility index (Phi) is 6.65. The highest BCUT2D eigenvalue weighted by Gasteiger charge is 2.52. The Morgan fingerprint density at radius 2 is 1.90 bits per heavy atom. The molecule has 0 saturated heterocycles. The minimum absolute atomic E-state index is 0.215. The maximum atomic E-state index is 12.3. The van der Waals surface area contributed by atoms with Crippen LogP contribution in [0.2, 0.25) is 0 Å². The zero-order chi connectivity index (χ0) is 15.9. The Balaban J connectivity index is 2.66. The topological polar surface area (TPSA) is 92.7 Å². The van der Waals surface area contributed by atoms with Crippen LogP contribution in [0.25, 0.3) is 0 Å². The van der Waals surface area contributed by atoms with Crippen LogP contribution in [-0.2, 0) is 19.1 Å². The lowest BCUT2D eigenvalue weighted by molar-refractivity contribution is -0.168. The van der Waals surface area contributed by atoms with Gasteiger partial charge in [-0.15, -0.1) is 0 Å². The largest absolute Gasteiger partial charge is 0.480 e. The number of carbonyl (C=O) groups is 3. The van der Waals surface area contributed by atoms with Crippen molar-refractivity contribution in [1.29, 1.82) is 0 Å². The van der Waals surface area contributed by atoms with E-state index in [1.54, 1.807) is 6.92 Å². The van der Waals surface area contributed by atoms with E-state index in [4.69, 9.17) is 4.74 Å². The second kappa shape index (κ2) is 8.00. The standard InChI is InChI=1S/C15H25NO5/c1-3-5-6-8-11(12(17)18)16-13(19)15(9-7-10-15)14(20)21-4-2/h11H,3-10H2,1-2H3,(H,16,19)(H,17,18)/t11-/m0/s1. The average Bonchev–Trinajstić information content (AvgIpc) is 2.36. The van der Waals surface area contributed by atoms with Crippen molar-refractivity contribution in [2.75, 3.05) is 6.61 Å². The van der Waals surface area contributed by atoms with Crippen molar-refractivity contribution in [3.05, 3.63) is 0 Å². The van der Waals surface area contributed by atoms with Crippen molar-refractivity contribution in [1.82, 2.24) is 5.32 Å². The molecule has 0 unspecified atom stereocenters. The number of carbonyl (C=O) groups excluding carboxylic acids is 2. The molecule has 1 amide bonds. The minimum atomic E-state index is -1.17. The Bertz CT molecular complexity index is 390. The molecule has 1 fully saturated rings. The van der Waals surface area contributed by atoms with Gasteiger partial charge in [-0.2, -0.15) is 0 Å². The molecule has 0 bridgehead atoms. The molecule has 0 aromatic heterocycles. The number of carboxylic acid groups (broad SMARTS) is 1. The third kappa shape index (κ3) is 4.19. The number of hydrogen-bond donors (Lipinski definition) is 2. The number of nitrogens with one attached hydrogen (secondary N) is 1. The summed E-state index contributed by atoms with van der Waals surface area (Å²) in [5, 5.41) is 11.7. The van der Waals surface area contributed by atoms with Gasteiger partial charge in [0, 0.05) is 0 Å². The van der Waals surface area contributed by atoms with Crippen LogP contribution in [0.4, 0.5) is 0 Å². The van der Waals surface area contributed by atoms with Crippen LogP contribution in [0, 0.1) is 5.41 Å². The molecule has 0 aromatic rings. The van der Waals surface area contributed by atoms with Gasteiger partial charge in [-0.25, -0.2) is 4.79 Å². The molecule has 1 atom stereocenters. The normalized spacial score (nSPS) is 17.4. The van der Waals surface area contributed by atoms with E-state index in [2.05, 4.69) is 5.32 Å². The van der Waals surface area contributed by atoms with E-state index in [-0.39, 0.29) is 6.61 Å². The summed E-state index contributed by atoms with van der Waals surface area (Å²) >= 11 is 0. The third-order valence-electron chi connectivity index (χ3n) is 4.01. The molecule has 0 aromatic carbocycles. The molecule has 0 aliphatic heterocycles. The van der Waals surface area contributed by atoms with E-state index in [1.807, 2.05) is 6.92 Å². The van der Waals surface area contributed by atoms with Crippen molar-refractivity contribution in [3.63, 3.8) is 0 Å². The highest BCUT2D eigenvalue weighted by molar-refractivity contribution is 6.04. The summed E-state index contributed by atoms with van der Waals surface area (Å²) in [5.74, 6) is -2.10. The fraction of sp³-hybridized carbons (Fsp3) is 0.800. The lowest BCUT2D eigenvalue weighted by atomic mass is 9.68. The number of esters is 1. The maximum absolute atomic E-state index is 12.3. The Hall–Kier alpha value is -1.59. The van der Waals surface area contributed by atoms with E-state index in [0.29, 0.717) is 19.3 Å². The lowest BCUT2D eigenvalue weighted by Crippen LogP contribution is -2.55. The van der Waals surface area contributed by atoms with Gasteiger partial charge < -0.3 is 15.2 Å². The quantitative estimate of drug-likeness (QED) is 0.385. The van der Waals surface area contributed by atoms with Gasteiger partial charge in [0.25, 0.3) is 0 Å². The van der Waals surface area contributed by atoms with Crippen molar-refractivity contribution in [3.8, 4) is 0 Å². The first-order valence-corrected chi connectivity index (χ1v) is 7.69. The fourth-order valence-corrected chi connectivity index (χ4v) is 2.48. The van der Waals surface area contributed by atoms with E-state index >= 15 is 0 Å². The number of ether oxygens (including phenoxy) is 1. The molecule has 0 spiro atoms. The van der Waals surface area contributed by atoms with Gasteiger partial charge >= 0.3 is 11.9 Å². The molecule has 1 saturated carbocycles. The molecular formula is C15H25NO5. The molecule has 1 rings (SSSR count). The van der Waals surface area contributed by atoms with E-state index in [9.17, 15) is 19.5 Å². The van der Waals surface area contributed by atoms with Crippen LogP contribution in [0.3, 0.4) is 0 Å². The average molecular weight is 299 g/mol. The van der Waals surface area contributed by atoms with Gasteiger partial charge in [0.15, 0.2) is 0 Å². The van der Waals surface area contributed by atoms with E-state index < -0.39 is 29.3 Å². The van der Waals surface area contributed by atoms with Gasteiger partial charge in [-0.3, -0.25) is 9.59 Å². The van der Waals surface area contributed by atoms with Gasteiger partial charge in [0.05, 0.1) is 6.61 Å². The fourth-order valence-electron chi connectivity index (χ4n) is 2.48. The number of carboxylic acids is 1. The summed E-state index contributed by atoms with van der Waals surface area (Å²) in [6.45, 7) is 3.93. The Labute approximate surface area is 125 Å². The lowest BCUT2D eigenvalue weighted by Gasteiger charge is -2.38. The molecular weight excluding hydrogens is 274 g/mol. The molecule has 6 nitrogen and oxygen atoms in total. The summed E-state index contributed by atoms with van der Waals surface area (Å²) in [7, 11) is 0. The first kappa shape index (κ1) is 17.5. The SMILES string of the molecule is CCCCC[C@H](NC(=O)C1(C(=O)OCC)CCC1)C(=O)O. The van der Waals surface area contributed by atoms with Crippen molar-refractivity contribution in [2.24, 2.45) is 5.41 Å². The monoisotopic (exact) mass is 299 g/mol. The number of rotatable bonds is 9. The van der Waals surface area contributed by atoms with Crippen LogP contribution in [0.1, 0.15) is 58.8 Å². The summed E-state index contributed by atoms with van der Waals surface area (Å²) in [5.41, 5.74) is -1.17. The van der Waals surface area contributed by atoms with Crippen molar-refractivity contribution < 1.29 is 24.2 Å². The van der Waals surface area contributed by atoms with Gasteiger partial charge in [-0.1, -0.05) is 32.6 Å². The number of aliphatic carboxylic acids is 1. The van der Waals surface area contributed by atoms with E-state index in [1.165, 1.54) is 0 Å².